The van der Waals surface area contributed by atoms with E-state index in [1.807, 2.05) is 10.8 Å². The zero-order valence-electron chi connectivity index (χ0n) is 18.5. The Morgan fingerprint density at radius 3 is 2.00 bits per heavy atom. The van der Waals surface area contributed by atoms with Crippen LogP contribution in [0.1, 0.15) is 97.3 Å². The standard InChI is InChI=1S/C23H45N2O2.BrH/c1-3-5-6-7-8-9-10-11-12-13-14-15-19-27-21-23(26)20-25-18-17-24(22-25)16-4-2;/h17-18,22-23,26H,3-16,19-21H2,1-2H3;1H/q+1;/p-1. The smallest absolute Gasteiger partial charge is 0.243 e. The van der Waals surface area contributed by atoms with Crippen molar-refractivity contribution in [1.82, 2.24) is 4.57 Å². The van der Waals surface area contributed by atoms with Gasteiger partial charge in [0.25, 0.3) is 0 Å². The second-order valence-electron chi connectivity index (χ2n) is 7.97. The molecule has 0 bridgehead atoms. The zero-order chi connectivity index (χ0) is 19.6. The molecule has 28 heavy (non-hydrogen) atoms. The third-order valence-electron chi connectivity index (χ3n) is 5.10. The van der Waals surface area contributed by atoms with E-state index in [1.165, 1.54) is 70.6 Å². The Hall–Kier alpha value is -0.390. The van der Waals surface area contributed by atoms with Gasteiger partial charge in [-0.2, -0.15) is 0 Å². The highest BCUT2D eigenvalue weighted by Crippen LogP contribution is 2.11. The lowest BCUT2D eigenvalue weighted by Crippen LogP contribution is -3.00. The van der Waals surface area contributed by atoms with E-state index in [1.54, 1.807) is 0 Å². The molecule has 4 nitrogen and oxygen atoms in total. The highest BCUT2D eigenvalue weighted by atomic mass is 79.9. The van der Waals surface area contributed by atoms with E-state index < -0.39 is 6.10 Å². The van der Waals surface area contributed by atoms with Gasteiger partial charge in [-0.05, 0) is 12.8 Å². The van der Waals surface area contributed by atoms with Crippen LogP contribution >= 0.6 is 0 Å². The molecule has 1 rings (SSSR count). The summed E-state index contributed by atoms with van der Waals surface area (Å²) in [6.45, 7) is 7.29. The highest BCUT2D eigenvalue weighted by molar-refractivity contribution is 4.66. The molecule has 0 radical (unpaired) electrons. The molecule has 0 aliphatic rings. The molecule has 0 amide bonds. The fraction of sp³-hybridized carbons (Fsp3) is 0.870. The van der Waals surface area contributed by atoms with Crippen LogP contribution in [0.15, 0.2) is 18.7 Å². The molecule has 0 aliphatic heterocycles. The molecule has 1 aromatic heterocycles. The van der Waals surface area contributed by atoms with Gasteiger partial charge in [-0.3, -0.25) is 0 Å². The molecule has 1 aromatic rings. The van der Waals surface area contributed by atoms with Crippen molar-refractivity contribution in [3.05, 3.63) is 18.7 Å². The monoisotopic (exact) mass is 460 g/mol. The van der Waals surface area contributed by atoms with Gasteiger partial charge < -0.3 is 26.8 Å². The Bertz CT molecular complexity index is 440. The average molecular weight is 462 g/mol. The summed E-state index contributed by atoms with van der Waals surface area (Å²) in [7, 11) is 0. The Labute approximate surface area is 184 Å². The number of hydrogen-bond donors (Lipinski definition) is 1. The summed E-state index contributed by atoms with van der Waals surface area (Å²) in [6.07, 6.45) is 23.1. The van der Waals surface area contributed by atoms with Crippen molar-refractivity contribution < 1.29 is 31.4 Å². The first-order chi connectivity index (χ1) is 13.3. The predicted molar refractivity (Wildman–Crippen MR) is 113 cm³/mol. The lowest BCUT2D eigenvalue weighted by atomic mass is 10.1. The molecule has 1 heterocycles. The Morgan fingerprint density at radius 2 is 1.43 bits per heavy atom. The quantitative estimate of drug-likeness (QED) is 0.254. The van der Waals surface area contributed by atoms with Crippen LogP contribution in [0.5, 0.6) is 0 Å². The minimum absolute atomic E-state index is 0. The maximum absolute atomic E-state index is 10.1. The number of aliphatic hydroxyl groups excluding tert-OH is 1. The van der Waals surface area contributed by atoms with Crippen LogP contribution in [0, 0.1) is 0 Å². The van der Waals surface area contributed by atoms with E-state index in [2.05, 4.69) is 30.9 Å². The van der Waals surface area contributed by atoms with Crippen molar-refractivity contribution in [2.75, 3.05) is 13.2 Å². The van der Waals surface area contributed by atoms with Gasteiger partial charge in [0, 0.05) is 6.61 Å². The number of unbranched alkanes of at least 4 members (excludes halogenated alkanes) is 11. The number of halogens is 1. The maximum atomic E-state index is 10.1. The van der Waals surface area contributed by atoms with E-state index in [-0.39, 0.29) is 17.0 Å². The van der Waals surface area contributed by atoms with Gasteiger partial charge in [-0.1, -0.05) is 84.5 Å². The normalized spacial score (nSPS) is 12.1. The summed E-state index contributed by atoms with van der Waals surface area (Å²) in [6, 6.07) is 0. The second kappa shape index (κ2) is 19.9. The second-order valence-corrected chi connectivity index (χ2v) is 7.97. The van der Waals surface area contributed by atoms with Crippen molar-refractivity contribution in [3.8, 4) is 0 Å². The molecule has 0 fully saturated rings. The van der Waals surface area contributed by atoms with Crippen LogP contribution < -0.4 is 21.5 Å². The summed E-state index contributed by atoms with van der Waals surface area (Å²) < 4.78 is 9.83. The molecule has 0 spiro atoms. The Kier molecular flexibility index (Phi) is 19.6. The molecular weight excluding hydrogens is 416 g/mol. The summed E-state index contributed by atoms with van der Waals surface area (Å²) >= 11 is 0. The minimum Gasteiger partial charge on any atom is -1.00 e. The third-order valence-corrected chi connectivity index (χ3v) is 5.10. The number of aryl methyl sites for hydroxylation is 1. The fourth-order valence-electron chi connectivity index (χ4n) is 3.50. The van der Waals surface area contributed by atoms with E-state index in [9.17, 15) is 5.11 Å². The number of ether oxygens (including phenoxy) is 1. The summed E-state index contributed by atoms with van der Waals surface area (Å²) in [5.41, 5.74) is 0. The number of hydrogen-bond acceptors (Lipinski definition) is 2. The number of rotatable bonds is 19. The number of imidazole rings is 1. The van der Waals surface area contributed by atoms with Crippen LogP contribution in [0.3, 0.4) is 0 Å². The van der Waals surface area contributed by atoms with Crippen LogP contribution in [0.25, 0.3) is 0 Å². The Morgan fingerprint density at radius 1 is 0.857 bits per heavy atom. The molecule has 5 heteroatoms. The van der Waals surface area contributed by atoms with Gasteiger partial charge in [0.1, 0.15) is 25.0 Å². The van der Waals surface area contributed by atoms with Gasteiger partial charge in [0.05, 0.1) is 13.2 Å². The van der Waals surface area contributed by atoms with Gasteiger partial charge in [-0.15, -0.1) is 0 Å². The van der Waals surface area contributed by atoms with E-state index >= 15 is 0 Å². The first-order valence-electron chi connectivity index (χ1n) is 11.6. The minimum atomic E-state index is -0.426. The number of aliphatic hydroxyl groups is 1. The van der Waals surface area contributed by atoms with Crippen molar-refractivity contribution in [2.24, 2.45) is 0 Å². The first kappa shape index (κ1) is 27.6. The molecule has 1 unspecified atom stereocenters. The van der Waals surface area contributed by atoms with Crippen molar-refractivity contribution >= 4 is 0 Å². The lowest BCUT2D eigenvalue weighted by Gasteiger charge is -2.09. The average Bonchev–Trinajstić information content (AvgIpc) is 3.09. The molecule has 0 aromatic carbocycles. The largest absolute Gasteiger partial charge is 1.00 e. The maximum Gasteiger partial charge on any atom is 0.243 e. The summed E-state index contributed by atoms with van der Waals surface area (Å²) in [5.74, 6) is 0. The van der Waals surface area contributed by atoms with Gasteiger partial charge in [-0.25, -0.2) is 9.13 Å². The molecule has 1 N–H and O–H groups in total. The van der Waals surface area contributed by atoms with Crippen LogP contribution in [0.4, 0.5) is 0 Å². The van der Waals surface area contributed by atoms with E-state index in [0.29, 0.717) is 13.2 Å². The molecule has 0 saturated heterocycles. The van der Waals surface area contributed by atoms with E-state index in [0.717, 1.165) is 26.0 Å². The molecule has 0 aliphatic carbocycles. The topological polar surface area (TPSA) is 38.3 Å². The first-order valence-corrected chi connectivity index (χ1v) is 11.6. The number of aromatic nitrogens is 2. The SMILES string of the molecule is CCCCCCCCCCCCCCOCC(O)C[n+]1ccn(CCC)c1.[Br-]. The van der Waals surface area contributed by atoms with E-state index in [4.69, 9.17) is 4.74 Å². The highest BCUT2D eigenvalue weighted by Gasteiger charge is 2.10. The molecule has 166 valence electrons. The predicted octanol–water partition coefficient (Wildman–Crippen LogP) is 2.27. The number of nitrogens with zero attached hydrogens (tertiary/aromatic N) is 2. The molecule has 0 saturated carbocycles. The van der Waals surface area contributed by atoms with Crippen molar-refractivity contribution in [1.29, 1.82) is 0 Å². The van der Waals surface area contributed by atoms with Crippen molar-refractivity contribution in [2.45, 2.75) is 117 Å². The Balaban J connectivity index is 0.00000729. The van der Waals surface area contributed by atoms with Crippen LogP contribution in [0.2, 0.25) is 0 Å². The zero-order valence-corrected chi connectivity index (χ0v) is 20.0. The van der Waals surface area contributed by atoms with Gasteiger partial charge >= 0.3 is 0 Å². The lowest BCUT2D eigenvalue weighted by molar-refractivity contribution is -0.703. The summed E-state index contributed by atoms with van der Waals surface area (Å²) in [4.78, 5) is 0. The summed E-state index contributed by atoms with van der Waals surface area (Å²) in [5, 5.41) is 10.1. The molecule has 1 atom stereocenters. The van der Waals surface area contributed by atoms with Crippen molar-refractivity contribution in [3.63, 3.8) is 0 Å². The fourth-order valence-corrected chi connectivity index (χ4v) is 3.50. The van der Waals surface area contributed by atoms with Crippen LogP contribution in [-0.2, 0) is 17.8 Å². The van der Waals surface area contributed by atoms with Gasteiger partial charge in [0.15, 0.2) is 0 Å². The third kappa shape index (κ3) is 15.5. The van der Waals surface area contributed by atoms with Crippen LogP contribution in [-0.4, -0.2) is 29.0 Å². The van der Waals surface area contributed by atoms with Gasteiger partial charge in [0.2, 0.25) is 6.33 Å². The molecular formula is C23H45BrN2O2.